The molecule has 1 aromatic rings. The van der Waals surface area contributed by atoms with Crippen LogP contribution in [0.2, 0.25) is 0 Å². The molecule has 1 rings (SSSR count). The minimum atomic E-state index is -0.669. The van der Waals surface area contributed by atoms with E-state index in [0.717, 1.165) is 6.07 Å². The van der Waals surface area contributed by atoms with Gasteiger partial charge in [0.25, 0.3) is 11.4 Å². The number of hydrogen-bond acceptors (Lipinski definition) is 6. The van der Waals surface area contributed by atoms with Crippen molar-refractivity contribution in [1.29, 1.82) is 0 Å². The molecule has 19 heavy (non-hydrogen) atoms. The molecular formula is C11H15N3O5. The molecule has 8 heteroatoms. The predicted molar refractivity (Wildman–Crippen MR) is 67.7 cm³/mol. The largest absolute Gasteiger partial charge is 0.396 e. The number of non-ortho nitro benzene ring substituents is 1. The Balaban J connectivity index is 2.82. The number of aliphatic hydroxyl groups is 1. The Labute approximate surface area is 109 Å². The van der Waals surface area contributed by atoms with Crippen molar-refractivity contribution in [2.45, 2.75) is 13.5 Å². The molecular weight excluding hydrogens is 254 g/mol. The van der Waals surface area contributed by atoms with Crippen LogP contribution in [0.1, 0.15) is 12.5 Å². The van der Waals surface area contributed by atoms with E-state index >= 15 is 0 Å². The highest BCUT2D eigenvalue weighted by molar-refractivity contribution is 5.49. The van der Waals surface area contributed by atoms with Crippen molar-refractivity contribution >= 4 is 11.4 Å². The molecule has 0 aliphatic carbocycles. The van der Waals surface area contributed by atoms with Gasteiger partial charge in [0, 0.05) is 31.3 Å². The van der Waals surface area contributed by atoms with Crippen LogP contribution in [0.25, 0.3) is 0 Å². The Morgan fingerprint density at radius 2 is 2.00 bits per heavy atom. The van der Waals surface area contributed by atoms with Gasteiger partial charge in [0.15, 0.2) is 0 Å². The third-order valence-corrected chi connectivity index (χ3v) is 2.60. The molecule has 8 nitrogen and oxygen atoms in total. The summed E-state index contributed by atoms with van der Waals surface area (Å²) < 4.78 is 0. The van der Waals surface area contributed by atoms with E-state index in [9.17, 15) is 20.2 Å². The molecule has 0 aliphatic heterocycles. The summed E-state index contributed by atoms with van der Waals surface area (Å²) in [4.78, 5) is 20.1. The average Bonchev–Trinajstić information content (AvgIpc) is 2.38. The first kappa shape index (κ1) is 15.0. The monoisotopic (exact) mass is 269 g/mol. The molecule has 0 bridgehead atoms. The normalized spacial score (nSPS) is 12.1. The Morgan fingerprint density at radius 1 is 1.32 bits per heavy atom. The zero-order chi connectivity index (χ0) is 14.4. The van der Waals surface area contributed by atoms with Crippen molar-refractivity contribution in [3.63, 3.8) is 0 Å². The maximum atomic E-state index is 10.9. The molecule has 0 heterocycles. The first-order valence-electron chi connectivity index (χ1n) is 5.69. The van der Waals surface area contributed by atoms with Gasteiger partial charge in [-0.3, -0.25) is 20.2 Å². The lowest BCUT2D eigenvalue weighted by molar-refractivity contribution is -0.394. The predicted octanol–water partition coefficient (Wildman–Crippen LogP) is 1.22. The van der Waals surface area contributed by atoms with E-state index in [-0.39, 0.29) is 30.4 Å². The number of hydrogen-bond donors (Lipinski definition) is 2. The summed E-state index contributed by atoms with van der Waals surface area (Å²) >= 11 is 0. The lowest BCUT2D eigenvalue weighted by atomic mass is 10.1. The fraction of sp³-hybridized carbons (Fsp3) is 0.455. The van der Waals surface area contributed by atoms with Crippen LogP contribution in [0.4, 0.5) is 11.4 Å². The SMILES string of the molecule is CC(CO)CNCc1ccc([N+](=O)[O-])cc1[N+](=O)[O-]. The van der Waals surface area contributed by atoms with E-state index in [1.54, 1.807) is 0 Å². The number of benzene rings is 1. The summed E-state index contributed by atoms with van der Waals surface area (Å²) in [7, 11) is 0. The van der Waals surface area contributed by atoms with Gasteiger partial charge < -0.3 is 10.4 Å². The van der Waals surface area contributed by atoms with Crippen LogP contribution in [0, 0.1) is 26.1 Å². The maximum Gasteiger partial charge on any atom is 0.280 e. The Kier molecular flexibility index (Phi) is 5.34. The van der Waals surface area contributed by atoms with E-state index in [0.29, 0.717) is 12.1 Å². The van der Waals surface area contributed by atoms with E-state index < -0.39 is 9.85 Å². The zero-order valence-corrected chi connectivity index (χ0v) is 10.4. The highest BCUT2D eigenvalue weighted by Gasteiger charge is 2.18. The van der Waals surface area contributed by atoms with Gasteiger partial charge in [-0.25, -0.2) is 0 Å². The second-order valence-corrected chi connectivity index (χ2v) is 4.25. The first-order valence-corrected chi connectivity index (χ1v) is 5.69. The molecule has 0 saturated carbocycles. The fourth-order valence-electron chi connectivity index (χ4n) is 1.50. The van der Waals surface area contributed by atoms with Gasteiger partial charge >= 0.3 is 0 Å². The highest BCUT2D eigenvalue weighted by Crippen LogP contribution is 2.24. The van der Waals surface area contributed by atoms with Crippen LogP contribution in [-0.4, -0.2) is 28.1 Å². The van der Waals surface area contributed by atoms with Crippen LogP contribution < -0.4 is 5.32 Å². The summed E-state index contributed by atoms with van der Waals surface area (Å²) in [5, 5.41) is 33.2. The maximum absolute atomic E-state index is 10.9. The van der Waals surface area contributed by atoms with E-state index in [1.807, 2.05) is 6.92 Å². The molecule has 1 unspecified atom stereocenters. The van der Waals surface area contributed by atoms with Crippen LogP contribution in [0.15, 0.2) is 18.2 Å². The van der Waals surface area contributed by atoms with E-state index in [1.165, 1.54) is 12.1 Å². The van der Waals surface area contributed by atoms with Crippen molar-refractivity contribution in [3.8, 4) is 0 Å². The summed E-state index contributed by atoms with van der Waals surface area (Å²) in [5.41, 5.74) is -0.210. The third-order valence-electron chi connectivity index (χ3n) is 2.60. The molecule has 104 valence electrons. The van der Waals surface area contributed by atoms with E-state index in [2.05, 4.69) is 5.32 Å². The van der Waals surface area contributed by atoms with Gasteiger partial charge in [0.2, 0.25) is 0 Å². The number of aliphatic hydroxyl groups excluding tert-OH is 1. The topological polar surface area (TPSA) is 119 Å². The second kappa shape index (κ2) is 6.76. The fourth-order valence-corrected chi connectivity index (χ4v) is 1.50. The minimum absolute atomic E-state index is 0.0232. The standard InChI is InChI=1S/C11H15N3O5/c1-8(7-15)5-12-6-9-2-3-10(13(16)17)4-11(9)14(18)19/h2-4,8,12,15H,5-7H2,1H3. The molecule has 0 aromatic heterocycles. The molecule has 0 saturated heterocycles. The van der Waals surface area contributed by atoms with Crippen molar-refractivity contribution in [2.24, 2.45) is 5.92 Å². The van der Waals surface area contributed by atoms with Crippen LogP contribution in [0.5, 0.6) is 0 Å². The Hall–Kier alpha value is -2.06. The quantitative estimate of drug-likeness (QED) is 0.567. The van der Waals surface area contributed by atoms with Crippen LogP contribution >= 0.6 is 0 Å². The van der Waals surface area contributed by atoms with Crippen LogP contribution in [-0.2, 0) is 6.54 Å². The van der Waals surface area contributed by atoms with Gasteiger partial charge in [-0.2, -0.15) is 0 Å². The number of nitro groups is 2. The molecule has 0 fully saturated rings. The van der Waals surface area contributed by atoms with Crippen molar-refractivity contribution < 1.29 is 15.0 Å². The van der Waals surface area contributed by atoms with Crippen molar-refractivity contribution in [1.82, 2.24) is 5.32 Å². The summed E-state index contributed by atoms with van der Waals surface area (Å²) in [6.07, 6.45) is 0. The van der Waals surface area contributed by atoms with Crippen molar-refractivity contribution in [3.05, 3.63) is 44.0 Å². The number of nitrogens with zero attached hydrogens (tertiary/aromatic N) is 2. The minimum Gasteiger partial charge on any atom is -0.396 e. The zero-order valence-electron chi connectivity index (χ0n) is 10.4. The summed E-state index contributed by atoms with van der Waals surface area (Å²) in [5.74, 6) is 0.0390. The molecule has 1 atom stereocenters. The smallest absolute Gasteiger partial charge is 0.280 e. The molecule has 0 amide bonds. The Morgan fingerprint density at radius 3 is 2.53 bits per heavy atom. The average molecular weight is 269 g/mol. The Bertz CT molecular complexity index is 477. The van der Waals surface area contributed by atoms with Crippen molar-refractivity contribution in [2.75, 3.05) is 13.2 Å². The number of nitro benzene ring substituents is 2. The molecule has 2 N–H and O–H groups in total. The van der Waals surface area contributed by atoms with Gasteiger partial charge in [-0.15, -0.1) is 0 Å². The summed E-state index contributed by atoms with van der Waals surface area (Å²) in [6.45, 7) is 2.58. The van der Waals surface area contributed by atoms with Crippen LogP contribution in [0.3, 0.4) is 0 Å². The molecule has 0 aliphatic rings. The molecule has 0 radical (unpaired) electrons. The van der Waals surface area contributed by atoms with Gasteiger partial charge in [0.05, 0.1) is 15.9 Å². The molecule has 1 aromatic carbocycles. The molecule has 0 spiro atoms. The van der Waals surface area contributed by atoms with Gasteiger partial charge in [-0.05, 0) is 12.0 Å². The van der Waals surface area contributed by atoms with Gasteiger partial charge in [-0.1, -0.05) is 6.92 Å². The second-order valence-electron chi connectivity index (χ2n) is 4.25. The highest BCUT2D eigenvalue weighted by atomic mass is 16.6. The lowest BCUT2D eigenvalue weighted by Crippen LogP contribution is -2.23. The lowest BCUT2D eigenvalue weighted by Gasteiger charge is -2.09. The third kappa shape index (κ3) is 4.27. The number of nitrogens with one attached hydrogen (secondary N) is 1. The number of rotatable bonds is 7. The summed E-state index contributed by atoms with van der Waals surface area (Å²) in [6, 6.07) is 3.55. The van der Waals surface area contributed by atoms with Gasteiger partial charge in [0.1, 0.15) is 0 Å². The first-order chi connectivity index (χ1) is 8.95. The van der Waals surface area contributed by atoms with E-state index in [4.69, 9.17) is 5.11 Å².